The molecular weight excluding hydrogens is 257 g/mol. The summed E-state index contributed by atoms with van der Waals surface area (Å²) in [5.74, 6) is 0.546. The Kier molecular flexibility index (Phi) is 3.90. The fourth-order valence-electron chi connectivity index (χ4n) is 1.98. The summed E-state index contributed by atoms with van der Waals surface area (Å²) >= 11 is 0. The molecule has 1 saturated heterocycles. The number of nitrogens with zero attached hydrogens (tertiary/aromatic N) is 4. The van der Waals surface area contributed by atoms with Crippen LogP contribution in [0.3, 0.4) is 0 Å². The van der Waals surface area contributed by atoms with Crippen LogP contribution < -0.4 is 4.90 Å². The summed E-state index contributed by atoms with van der Waals surface area (Å²) < 4.78 is 37.2. The highest BCUT2D eigenvalue weighted by atomic mass is 19.4. The van der Waals surface area contributed by atoms with E-state index in [0.29, 0.717) is 25.5 Å². The molecule has 0 saturated carbocycles. The van der Waals surface area contributed by atoms with Gasteiger partial charge in [0.25, 0.3) is 0 Å². The van der Waals surface area contributed by atoms with Crippen molar-refractivity contribution in [2.24, 2.45) is 0 Å². The van der Waals surface area contributed by atoms with E-state index in [1.54, 1.807) is 0 Å². The van der Waals surface area contributed by atoms with Crippen LogP contribution in [-0.2, 0) is 6.18 Å². The van der Waals surface area contributed by atoms with E-state index >= 15 is 0 Å². The van der Waals surface area contributed by atoms with Crippen molar-refractivity contribution in [3.63, 3.8) is 0 Å². The van der Waals surface area contributed by atoms with E-state index in [0.717, 1.165) is 25.4 Å². The quantitative estimate of drug-likeness (QED) is 0.768. The number of hydrogen-bond donors (Lipinski definition) is 0. The first-order valence-corrected chi connectivity index (χ1v) is 5.88. The molecule has 0 spiro atoms. The second-order valence-corrected chi connectivity index (χ2v) is 4.32. The summed E-state index contributed by atoms with van der Waals surface area (Å²) in [6.07, 6.45) is -3.49. The minimum Gasteiger partial charge on any atom is -0.354 e. The molecule has 1 aliphatic rings. The normalized spacial score (nSPS) is 17.3. The number of hydrogen-bond acceptors (Lipinski definition) is 4. The first-order valence-electron chi connectivity index (χ1n) is 5.88. The van der Waals surface area contributed by atoms with Crippen LogP contribution in [0.4, 0.5) is 19.0 Å². The molecule has 0 aromatic carbocycles. The average Bonchev–Trinajstić information content (AvgIpc) is 2.39. The topological polar surface area (TPSA) is 43.2 Å². The van der Waals surface area contributed by atoms with Crippen LogP contribution in [0.1, 0.15) is 5.56 Å². The van der Waals surface area contributed by atoms with Gasteiger partial charge in [0.1, 0.15) is 5.82 Å². The van der Waals surface area contributed by atoms with Crippen molar-refractivity contribution in [3.05, 3.63) is 23.9 Å². The molecule has 0 aliphatic carbocycles. The maximum Gasteiger partial charge on any atom is 0.417 e. The van der Waals surface area contributed by atoms with Gasteiger partial charge in [0, 0.05) is 32.4 Å². The Labute approximate surface area is 109 Å². The molecule has 19 heavy (non-hydrogen) atoms. The average molecular weight is 270 g/mol. The van der Waals surface area contributed by atoms with Crippen LogP contribution in [-0.4, -0.2) is 42.6 Å². The molecule has 1 aromatic rings. The minimum atomic E-state index is -4.35. The van der Waals surface area contributed by atoms with Gasteiger partial charge in [0.05, 0.1) is 18.2 Å². The van der Waals surface area contributed by atoms with Gasteiger partial charge in [-0.15, -0.1) is 0 Å². The van der Waals surface area contributed by atoms with Crippen LogP contribution in [0, 0.1) is 11.3 Å². The zero-order chi connectivity index (χ0) is 13.9. The van der Waals surface area contributed by atoms with Crippen molar-refractivity contribution in [1.29, 1.82) is 5.26 Å². The maximum absolute atomic E-state index is 12.4. The highest BCUT2D eigenvalue weighted by Crippen LogP contribution is 2.29. The Morgan fingerprint density at radius 3 is 2.37 bits per heavy atom. The molecule has 2 rings (SSSR count). The van der Waals surface area contributed by atoms with Crippen molar-refractivity contribution in [3.8, 4) is 6.07 Å². The third-order valence-corrected chi connectivity index (χ3v) is 3.07. The number of anilines is 1. The highest BCUT2D eigenvalue weighted by Gasteiger charge is 2.31. The molecule has 4 nitrogen and oxygen atoms in total. The third kappa shape index (κ3) is 3.35. The minimum absolute atomic E-state index is 0.383. The second-order valence-electron chi connectivity index (χ2n) is 4.32. The van der Waals surface area contributed by atoms with Crippen LogP contribution in [0.15, 0.2) is 18.3 Å². The zero-order valence-electron chi connectivity index (χ0n) is 10.2. The summed E-state index contributed by atoms with van der Waals surface area (Å²) in [5.41, 5.74) is -0.737. The Morgan fingerprint density at radius 2 is 1.89 bits per heavy atom. The molecule has 0 bridgehead atoms. The van der Waals surface area contributed by atoms with Gasteiger partial charge < -0.3 is 4.90 Å². The first-order chi connectivity index (χ1) is 9.00. The molecule has 0 radical (unpaired) electrons. The lowest BCUT2D eigenvalue weighted by Gasteiger charge is -2.34. The number of pyridine rings is 1. The summed E-state index contributed by atoms with van der Waals surface area (Å²) in [7, 11) is 0. The second kappa shape index (κ2) is 5.45. The van der Waals surface area contributed by atoms with Crippen molar-refractivity contribution in [1.82, 2.24) is 9.88 Å². The Balaban J connectivity index is 1.99. The van der Waals surface area contributed by atoms with Gasteiger partial charge in [0.2, 0.25) is 0 Å². The van der Waals surface area contributed by atoms with Crippen LogP contribution in [0.2, 0.25) is 0 Å². The van der Waals surface area contributed by atoms with Crippen LogP contribution >= 0.6 is 0 Å². The van der Waals surface area contributed by atoms with E-state index in [9.17, 15) is 13.2 Å². The number of rotatable bonds is 2. The lowest BCUT2D eigenvalue weighted by molar-refractivity contribution is -0.137. The number of aromatic nitrogens is 1. The van der Waals surface area contributed by atoms with E-state index in [2.05, 4.69) is 11.1 Å². The van der Waals surface area contributed by atoms with Gasteiger partial charge in [-0.05, 0) is 12.1 Å². The molecule has 102 valence electrons. The first kappa shape index (κ1) is 13.6. The standard InChI is InChI=1S/C12H13F3N4/c13-12(14,15)10-1-2-11(17-9-10)19-7-5-18(4-3-16)6-8-19/h1-2,9H,4-8H2. The summed E-state index contributed by atoms with van der Waals surface area (Å²) in [5, 5.41) is 8.58. The Bertz CT molecular complexity index is 455. The molecular formula is C12H13F3N4. The van der Waals surface area contributed by atoms with Gasteiger partial charge in [-0.3, -0.25) is 4.90 Å². The maximum atomic E-state index is 12.4. The van der Waals surface area contributed by atoms with Gasteiger partial charge in [-0.25, -0.2) is 4.98 Å². The smallest absolute Gasteiger partial charge is 0.354 e. The van der Waals surface area contributed by atoms with Crippen molar-refractivity contribution < 1.29 is 13.2 Å². The number of nitriles is 1. The van der Waals surface area contributed by atoms with E-state index < -0.39 is 11.7 Å². The summed E-state index contributed by atoms with van der Waals surface area (Å²) in [4.78, 5) is 7.79. The van der Waals surface area contributed by atoms with E-state index in [1.807, 2.05) is 9.80 Å². The molecule has 7 heteroatoms. The highest BCUT2D eigenvalue weighted by molar-refractivity contribution is 5.40. The molecule has 1 aliphatic heterocycles. The third-order valence-electron chi connectivity index (χ3n) is 3.07. The predicted octanol–water partition coefficient (Wildman–Crippen LogP) is 1.75. The summed E-state index contributed by atoms with van der Waals surface area (Å²) in [6, 6.07) is 4.52. The molecule has 0 N–H and O–H groups in total. The van der Waals surface area contributed by atoms with E-state index in [4.69, 9.17) is 5.26 Å². The fraction of sp³-hybridized carbons (Fsp3) is 0.500. The molecule has 2 heterocycles. The summed E-state index contributed by atoms with van der Waals surface area (Å²) in [6.45, 7) is 3.15. The van der Waals surface area contributed by atoms with Crippen LogP contribution in [0.5, 0.6) is 0 Å². The number of piperazine rings is 1. The van der Waals surface area contributed by atoms with Gasteiger partial charge in [-0.2, -0.15) is 18.4 Å². The number of halogens is 3. The van der Waals surface area contributed by atoms with E-state index in [-0.39, 0.29) is 0 Å². The largest absolute Gasteiger partial charge is 0.417 e. The molecule has 0 atom stereocenters. The lowest BCUT2D eigenvalue weighted by Crippen LogP contribution is -2.46. The fourth-order valence-corrected chi connectivity index (χ4v) is 1.98. The van der Waals surface area contributed by atoms with Gasteiger partial charge in [-0.1, -0.05) is 0 Å². The van der Waals surface area contributed by atoms with Crippen LogP contribution in [0.25, 0.3) is 0 Å². The predicted molar refractivity (Wildman–Crippen MR) is 63.5 cm³/mol. The lowest BCUT2D eigenvalue weighted by atomic mass is 10.2. The Morgan fingerprint density at radius 1 is 1.21 bits per heavy atom. The van der Waals surface area contributed by atoms with Crippen molar-refractivity contribution >= 4 is 5.82 Å². The zero-order valence-corrected chi connectivity index (χ0v) is 10.2. The SMILES string of the molecule is N#CCN1CCN(c2ccc(C(F)(F)F)cn2)CC1. The van der Waals surface area contributed by atoms with Gasteiger partial charge >= 0.3 is 6.18 Å². The van der Waals surface area contributed by atoms with Crippen molar-refractivity contribution in [2.75, 3.05) is 37.6 Å². The molecule has 1 aromatic heterocycles. The van der Waals surface area contributed by atoms with Gasteiger partial charge in [0.15, 0.2) is 0 Å². The molecule has 0 amide bonds. The monoisotopic (exact) mass is 270 g/mol. The molecule has 1 fully saturated rings. The number of alkyl halides is 3. The van der Waals surface area contributed by atoms with Crippen molar-refractivity contribution in [2.45, 2.75) is 6.18 Å². The Hall–Kier alpha value is -1.81. The molecule has 0 unspecified atom stereocenters. The van der Waals surface area contributed by atoms with E-state index in [1.165, 1.54) is 6.07 Å².